The summed E-state index contributed by atoms with van der Waals surface area (Å²) in [5, 5.41) is 120. The third-order valence-electron chi connectivity index (χ3n) is 15.7. The summed E-state index contributed by atoms with van der Waals surface area (Å²) in [6.07, 6.45) is 33.5. The fraction of sp³-hybridized carbons (Fsp3) is 0.773. The molecule has 0 saturated carbocycles. The van der Waals surface area contributed by atoms with E-state index in [-0.39, 0.29) is 18.9 Å². The summed E-state index contributed by atoms with van der Waals surface area (Å²) in [5.41, 5.74) is 0. The van der Waals surface area contributed by atoms with E-state index < -0.39 is 124 Å². The number of allylic oxidation sites excluding steroid dienone is 13. The molecule has 3 aliphatic heterocycles. The third kappa shape index (κ3) is 30.8. The fourth-order valence-electron chi connectivity index (χ4n) is 10.4. The lowest BCUT2D eigenvalue weighted by molar-refractivity contribution is -0.379. The molecule has 0 aromatic heterocycles. The Morgan fingerprint density at radius 1 is 0.435 bits per heavy atom. The van der Waals surface area contributed by atoms with Crippen LogP contribution in [0.5, 0.6) is 0 Å². The molecule has 0 spiro atoms. The molecule has 19 heteroatoms. The van der Waals surface area contributed by atoms with E-state index in [0.717, 1.165) is 70.6 Å². The molecule has 17 unspecified atom stereocenters. The maximum atomic E-state index is 13.3. The molecule has 0 aromatic carbocycles. The van der Waals surface area contributed by atoms with Gasteiger partial charge in [-0.15, -0.1) is 0 Å². The Labute approximate surface area is 508 Å². The molecule has 3 rings (SSSR count). The van der Waals surface area contributed by atoms with Crippen molar-refractivity contribution in [2.24, 2.45) is 0 Å². The molecule has 0 aliphatic carbocycles. The van der Waals surface area contributed by atoms with Crippen LogP contribution in [0.3, 0.4) is 0 Å². The Bertz CT molecular complexity index is 1880. The van der Waals surface area contributed by atoms with Crippen molar-refractivity contribution in [2.75, 3.05) is 26.4 Å². The van der Waals surface area contributed by atoms with Crippen LogP contribution in [-0.4, -0.2) is 193 Å². The van der Waals surface area contributed by atoms with Gasteiger partial charge in [-0.2, -0.15) is 0 Å². The second-order valence-electron chi connectivity index (χ2n) is 22.8. The summed E-state index contributed by atoms with van der Waals surface area (Å²) in [5.74, 6) is -0.293. The highest BCUT2D eigenvalue weighted by molar-refractivity contribution is 5.76. The van der Waals surface area contributed by atoms with Crippen LogP contribution < -0.4 is 5.32 Å². The third-order valence-corrected chi connectivity index (χ3v) is 15.7. The van der Waals surface area contributed by atoms with Gasteiger partial charge in [0.25, 0.3) is 0 Å². The van der Waals surface area contributed by atoms with E-state index >= 15 is 0 Å². The van der Waals surface area contributed by atoms with Gasteiger partial charge in [-0.3, -0.25) is 4.79 Å². The molecule has 12 N–H and O–H groups in total. The van der Waals surface area contributed by atoms with E-state index in [1.165, 1.54) is 89.9 Å². The zero-order valence-corrected chi connectivity index (χ0v) is 51.3. The second kappa shape index (κ2) is 47.9. The van der Waals surface area contributed by atoms with E-state index in [4.69, 9.17) is 28.4 Å². The maximum absolute atomic E-state index is 13.3. The Balaban J connectivity index is 1.31. The summed E-state index contributed by atoms with van der Waals surface area (Å²) in [4.78, 5) is 13.3. The van der Waals surface area contributed by atoms with Crippen molar-refractivity contribution in [3.63, 3.8) is 0 Å². The van der Waals surface area contributed by atoms with Gasteiger partial charge in [0.15, 0.2) is 18.9 Å². The lowest BCUT2D eigenvalue weighted by Crippen LogP contribution is -2.66. The predicted octanol–water partition coefficient (Wildman–Crippen LogP) is 7.15. The van der Waals surface area contributed by atoms with Gasteiger partial charge >= 0.3 is 0 Å². The highest BCUT2D eigenvalue weighted by atomic mass is 16.8. The average molecular weight is 1210 g/mol. The van der Waals surface area contributed by atoms with Gasteiger partial charge in [0.05, 0.1) is 38.6 Å². The van der Waals surface area contributed by atoms with Crippen molar-refractivity contribution in [3.05, 3.63) is 85.1 Å². The normalized spacial score (nSPS) is 29.5. The number of rotatable bonds is 47. The summed E-state index contributed by atoms with van der Waals surface area (Å²) in [6.45, 7) is 1.45. The molecule has 0 aromatic rings. The number of ether oxygens (including phenoxy) is 6. The summed E-state index contributed by atoms with van der Waals surface area (Å²) >= 11 is 0. The van der Waals surface area contributed by atoms with Crippen LogP contribution >= 0.6 is 0 Å². The Morgan fingerprint density at radius 3 is 1.31 bits per heavy atom. The molecular weight excluding hydrogens is 1090 g/mol. The molecule has 3 aliphatic rings. The molecular formula is C66H113NO18. The van der Waals surface area contributed by atoms with Gasteiger partial charge < -0.3 is 89.9 Å². The van der Waals surface area contributed by atoms with Gasteiger partial charge in [0.2, 0.25) is 5.91 Å². The van der Waals surface area contributed by atoms with Crippen molar-refractivity contribution in [2.45, 2.75) is 298 Å². The molecule has 0 bridgehead atoms. The second-order valence-corrected chi connectivity index (χ2v) is 22.8. The molecule has 3 heterocycles. The number of aliphatic hydroxyl groups excluding tert-OH is 11. The van der Waals surface area contributed by atoms with Gasteiger partial charge in [-0.1, -0.05) is 202 Å². The van der Waals surface area contributed by atoms with Crippen molar-refractivity contribution in [1.29, 1.82) is 0 Å². The zero-order valence-electron chi connectivity index (χ0n) is 51.3. The van der Waals surface area contributed by atoms with Crippen LogP contribution in [0.1, 0.15) is 194 Å². The Kier molecular flexibility index (Phi) is 43.0. The number of carbonyl (C=O) groups is 1. The highest BCUT2D eigenvalue weighted by Crippen LogP contribution is 2.33. The summed E-state index contributed by atoms with van der Waals surface area (Å²) < 4.78 is 34.1. The predicted molar refractivity (Wildman–Crippen MR) is 328 cm³/mol. The number of nitrogens with one attached hydrogen (secondary N) is 1. The van der Waals surface area contributed by atoms with Gasteiger partial charge in [0, 0.05) is 6.42 Å². The molecule has 490 valence electrons. The maximum Gasteiger partial charge on any atom is 0.220 e. The van der Waals surface area contributed by atoms with E-state index in [2.05, 4.69) is 92.1 Å². The van der Waals surface area contributed by atoms with Crippen molar-refractivity contribution in [3.8, 4) is 0 Å². The fourth-order valence-corrected chi connectivity index (χ4v) is 10.4. The first kappa shape index (κ1) is 76.2. The van der Waals surface area contributed by atoms with Crippen molar-refractivity contribution in [1.82, 2.24) is 5.32 Å². The number of hydrogen-bond donors (Lipinski definition) is 12. The van der Waals surface area contributed by atoms with Crippen LogP contribution in [0.2, 0.25) is 0 Å². The number of aliphatic hydroxyl groups is 11. The van der Waals surface area contributed by atoms with E-state index in [9.17, 15) is 61.0 Å². The smallest absolute Gasteiger partial charge is 0.220 e. The molecule has 3 fully saturated rings. The van der Waals surface area contributed by atoms with Gasteiger partial charge in [0.1, 0.15) is 73.2 Å². The van der Waals surface area contributed by atoms with Crippen LogP contribution in [0.4, 0.5) is 0 Å². The van der Waals surface area contributed by atoms with Crippen molar-refractivity contribution >= 4 is 5.91 Å². The van der Waals surface area contributed by atoms with E-state index in [1.807, 2.05) is 6.08 Å². The number of hydrogen-bond acceptors (Lipinski definition) is 18. The minimum atomic E-state index is -1.98. The molecule has 19 nitrogen and oxygen atoms in total. The zero-order chi connectivity index (χ0) is 61.9. The minimum absolute atomic E-state index is 0.232. The van der Waals surface area contributed by atoms with Crippen LogP contribution in [0.25, 0.3) is 0 Å². The first-order valence-corrected chi connectivity index (χ1v) is 32.3. The molecule has 3 saturated heterocycles. The lowest BCUT2D eigenvalue weighted by atomic mass is 9.96. The standard InChI is InChI=1S/C66H113NO18/c1-3-5-7-9-11-12-13-14-15-16-17-18-19-20-21-22-23-24-25-26-27-28-29-30-31-32-33-34-35-36-38-40-42-44-54(72)67-49(50(71)43-41-39-37-10-8-6-4-2)48-80-64-60(78)57(75)62(52(46-69)82-64)85-66-61(79)58(76)63(53(47-70)83-66)84-65-59(77)56(74)55(73)51(45-68)81-65/h5,7-8,10-12,14-15,17-18,20-21,41,43,49-53,55-66,68-71,73-79H,3-4,6,9,13,16,19,22-40,42,44-48H2,1-2H3,(H,67,72)/b7-5-,10-8+,12-11-,15-14-,18-17-,21-20-,43-41+. The summed E-state index contributed by atoms with van der Waals surface area (Å²) in [7, 11) is 0. The number of unbranched alkanes of at least 4 members (excludes halogenated alkanes) is 19. The summed E-state index contributed by atoms with van der Waals surface area (Å²) in [6, 6.07) is -0.990. The molecule has 85 heavy (non-hydrogen) atoms. The number of carbonyl (C=O) groups excluding carboxylic acids is 1. The monoisotopic (exact) mass is 1210 g/mol. The topological polar surface area (TPSA) is 307 Å². The van der Waals surface area contributed by atoms with E-state index in [0.29, 0.717) is 12.8 Å². The van der Waals surface area contributed by atoms with Gasteiger partial charge in [-0.05, 0) is 70.6 Å². The minimum Gasteiger partial charge on any atom is -0.394 e. The first-order valence-electron chi connectivity index (χ1n) is 32.3. The Morgan fingerprint density at radius 2 is 0.824 bits per heavy atom. The van der Waals surface area contributed by atoms with Crippen LogP contribution in [0.15, 0.2) is 85.1 Å². The highest BCUT2D eigenvalue weighted by Gasteiger charge is 2.53. The Hall–Kier alpha value is -3.03. The average Bonchev–Trinajstić information content (AvgIpc) is 3.70. The first-order chi connectivity index (χ1) is 41.3. The quantitative estimate of drug-likeness (QED) is 0.0213. The number of amides is 1. The molecule has 0 radical (unpaired) electrons. The van der Waals surface area contributed by atoms with Crippen molar-refractivity contribution < 1.29 is 89.4 Å². The van der Waals surface area contributed by atoms with E-state index in [1.54, 1.807) is 6.08 Å². The SMILES string of the molecule is CC/C=C\C/C=C\C/C=C\C/C=C\C/C=C\CCCCCCCCCCCCCCCCCCCC(=O)NC(COC1OC(CO)C(OC2OC(CO)C(OC3OC(CO)C(O)C(O)C3O)C(O)C2O)C(O)C1O)C(O)/C=C/CC/C=C/CCC. The molecule has 17 atom stereocenters. The van der Waals surface area contributed by atoms with Gasteiger partial charge in [-0.25, -0.2) is 0 Å². The molecule has 1 amide bonds. The van der Waals surface area contributed by atoms with Crippen LogP contribution in [0, 0.1) is 0 Å². The largest absolute Gasteiger partial charge is 0.394 e. The lowest BCUT2D eigenvalue weighted by Gasteiger charge is -2.48. The van der Waals surface area contributed by atoms with Crippen LogP contribution in [-0.2, 0) is 33.2 Å².